The molecule has 1 saturated heterocycles. The zero-order chi connectivity index (χ0) is 21.5. The number of hydrazone groups is 1. The van der Waals surface area contributed by atoms with Gasteiger partial charge in [0.25, 0.3) is 5.91 Å². The van der Waals surface area contributed by atoms with Crippen LogP contribution in [0.5, 0.6) is 11.5 Å². The first-order valence-corrected chi connectivity index (χ1v) is 10.1. The van der Waals surface area contributed by atoms with Crippen molar-refractivity contribution in [1.82, 2.24) is 10.3 Å². The number of carbonyl (C=O) groups excluding carboxylic acids is 1. The number of likely N-dealkylation sites (tertiary alicyclic amines) is 1. The van der Waals surface area contributed by atoms with E-state index in [1.165, 1.54) is 25.5 Å². The van der Waals surface area contributed by atoms with Gasteiger partial charge in [-0.3, -0.25) is 9.69 Å². The molecule has 1 fully saturated rings. The molecule has 1 heterocycles. The minimum absolute atomic E-state index is 0.0774. The predicted molar refractivity (Wildman–Crippen MR) is 115 cm³/mol. The Labute approximate surface area is 180 Å². The van der Waals surface area contributed by atoms with Gasteiger partial charge >= 0.3 is 0 Å². The van der Waals surface area contributed by atoms with Gasteiger partial charge in [0, 0.05) is 11.1 Å². The highest BCUT2D eigenvalue weighted by atomic mass is 35.5. The number of carbonyl (C=O) groups is 1. The molecule has 1 atom stereocenters. The van der Waals surface area contributed by atoms with E-state index in [1.807, 2.05) is 11.9 Å². The lowest BCUT2D eigenvalue weighted by Crippen LogP contribution is -2.46. The number of nitrogens with zero attached hydrogens (tertiary/aromatic N) is 2. The number of para-hydroxylation sites is 1. The molecule has 1 unspecified atom stereocenters. The fourth-order valence-electron chi connectivity index (χ4n) is 3.41. The van der Waals surface area contributed by atoms with Crippen molar-refractivity contribution in [2.24, 2.45) is 5.10 Å². The average Bonchev–Trinajstić information content (AvgIpc) is 2.74. The summed E-state index contributed by atoms with van der Waals surface area (Å²) in [4.78, 5) is 14.4. The monoisotopic (exact) mass is 433 g/mol. The van der Waals surface area contributed by atoms with E-state index >= 15 is 0 Å². The van der Waals surface area contributed by atoms with E-state index in [4.69, 9.17) is 21.1 Å². The van der Waals surface area contributed by atoms with Crippen LogP contribution in [-0.2, 0) is 11.4 Å². The number of nitrogens with one attached hydrogen (secondary N) is 1. The number of benzene rings is 2. The van der Waals surface area contributed by atoms with E-state index in [0.29, 0.717) is 17.1 Å². The van der Waals surface area contributed by atoms with Gasteiger partial charge in [0.1, 0.15) is 12.4 Å². The minimum Gasteiger partial charge on any atom is -0.493 e. The normalized spacial score (nSPS) is 17.1. The lowest BCUT2D eigenvalue weighted by atomic mass is 10.0. The fourth-order valence-corrected chi connectivity index (χ4v) is 3.63. The van der Waals surface area contributed by atoms with Gasteiger partial charge in [-0.05, 0) is 50.7 Å². The van der Waals surface area contributed by atoms with Crippen molar-refractivity contribution in [3.8, 4) is 11.5 Å². The van der Waals surface area contributed by atoms with Crippen molar-refractivity contribution in [1.29, 1.82) is 0 Å². The van der Waals surface area contributed by atoms with Gasteiger partial charge in [0.15, 0.2) is 11.5 Å². The average molecular weight is 434 g/mol. The highest BCUT2D eigenvalue weighted by Gasteiger charge is 2.25. The molecule has 2 aromatic rings. The van der Waals surface area contributed by atoms with Crippen LogP contribution < -0.4 is 14.9 Å². The molecule has 1 aliphatic rings. The van der Waals surface area contributed by atoms with Crippen molar-refractivity contribution in [3.63, 3.8) is 0 Å². The molecule has 30 heavy (non-hydrogen) atoms. The molecule has 8 heteroatoms. The Morgan fingerprint density at radius 1 is 1.33 bits per heavy atom. The summed E-state index contributed by atoms with van der Waals surface area (Å²) in [5.41, 5.74) is 3.43. The molecule has 0 spiro atoms. The molecule has 3 rings (SSSR count). The van der Waals surface area contributed by atoms with E-state index in [2.05, 4.69) is 10.5 Å². The highest BCUT2D eigenvalue weighted by molar-refractivity contribution is 6.31. The molecule has 0 aromatic heterocycles. The highest BCUT2D eigenvalue weighted by Crippen LogP contribution is 2.32. The maximum absolute atomic E-state index is 14.1. The van der Waals surface area contributed by atoms with Crippen LogP contribution in [-0.4, -0.2) is 43.8 Å². The maximum atomic E-state index is 14.1. The Bertz CT molecular complexity index is 902. The predicted octanol–water partition coefficient (Wildman–Crippen LogP) is 4.00. The van der Waals surface area contributed by atoms with Gasteiger partial charge in [-0.25, -0.2) is 9.82 Å². The fraction of sp³-hybridized carbons (Fsp3) is 0.364. The van der Waals surface area contributed by atoms with Gasteiger partial charge in [0.05, 0.1) is 24.4 Å². The zero-order valence-electron chi connectivity index (χ0n) is 17.0. The number of likely N-dealkylation sites (N-methyl/N-ethyl adjacent to an activating group) is 1. The van der Waals surface area contributed by atoms with Crippen molar-refractivity contribution >= 4 is 23.7 Å². The second-order valence-corrected chi connectivity index (χ2v) is 7.50. The van der Waals surface area contributed by atoms with Crippen LogP contribution in [0.25, 0.3) is 0 Å². The number of piperidine rings is 1. The molecule has 1 amide bonds. The van der Waals surface area contributed by atoms with Crippen LogP contribution in [0, 0.1) is 5.82 Å². The van der Waals surface area contributed by atoms with Crippen molar-refractivity contribution in [3.05, 3.63) is 58.4 Å². The number of amides is 1. The standard InChI is InChI=1S/C22H25ClFN3O3/c1-27-12-4-3-10-19(27)22(28)26-25-13-15-7-5-11-20(29-2)21(15)30-14-16-17(23)8-6-9-18(16)24/h5-9,11,13,19H,3-4,10,12,14H2,1-2H3,(H,26,28)/b25-13+. The summed E-state index contributed by atoms with van der Waals surface area (Å²) in [5, 5.41) is 4.37. The Balaban J connectivity index is 1.73. The number of hydrogen-bond donors (Lipinski definition) is 1. The molecule has 0 saturated carbocycles. The smallest absolute Gasteiger partial charge is 0.257 e. The van der Waals surface area contributed by atoms with E-state index in [-0.39, 0.29) is 29.1 Å². The lowest BCUT2D eigenvalue weighted by Gasteiger charge is -2.30. The molecular formula is C22H25ClFN3O3. The summed E-state index contributed by atoms with van der Waals surface area (Å²) in [7, 11) is 3.45. The second kappa shape index (κ2) is 10.4. The number of methoxy groups -OCH3 is 1. The SMILES string of the molecule is COc1cccc(/C=N/NC(=O)C2CCCCN2C)c1OCc1c(F)cccc1Cl. The van der Waals surface area contributed by atoms with Gasteiger partial charge in [-0.1, -0.05) is 30.2 Å². The Morgan fingerprint density at radius 2 is 2.13 bits per heavy atom. The summed E-state index contributed by atoms with van der Waals surface area (Å²) in [5.74, 6) is 0.255. The van der Waals surface area contributed by atoms with Crippen LogP contribution in [0.1, 0.15) is 30.4 Å². The number of halogens is 2. The van der Waals surface area contributed by atoms with E-state index in [0.717, 1.165) is 25.8 Å². The number of rotatable bonds is 7. The van der Waals surface area contributed by atoms with Crippen LogP contribution in [0.2, 0.25) is 5.02 Å². The zero-order valence-corrected chi connectivity index (χ0v) is 17.8. The number of ether oxygens (including phenoxy) is 2. The summed E-state index contributed by atoms with van der Waals surface area (Å²) < 4.78 is 25.3. The maximum Gasteiger partial charge on any atom is 0.257 e. The topological polar surface area (TPSA) is 63.2 Å². The van der Waals surface area contributed by atoms with Gasteiger partial charge in [-0.2, -0.15) is 5.10 Å². The molecule has 0 aliphatic carbocycles. The van der Waals surface area contributed by atoms with Gasteiger partial charge in [0.2, 0.25) is 0 Å². The minimum atomic E-state index is -0.448. The Hall–Kier alpha value is -2.64. The van der Waals surface area contributed by atoms with Crippen LogP contribution in [0.15, 0.2) is 41.5 Å². The van der Waals surface area contributed by atoms with Gasteiger partial charge < -0.3 is 9.47 Å². The van der Waals surface area contributed by atoms with E-state index in [9.17, 15) is 9.18 Å². The van der Waals surface area contributed by atoms with Crippen LogP contribution in [0.3, 0.4) is 0 Å². The van der Waals surface area contributed by atoms with Crippen molar-refractivity contribution in [2.75, 3.05) is 20.7 Å². The molecule has 1 N–H and O–H groups in total. The first kappa shape index (κ1) is 22.1. The van der Waals surface area contributed by atoms with Crippen LogP contribution >= 0.6 is 11.6 Å². The third-order valence-electron chi connectivity index (χ3n) is 5.10. The Morgan fingerprint density at radius 3 is 2.87 bits per heavy atom. The Kier molecular flexibility index (Phi) is 7.65. The summed E-state index contributed by atoms with van der Waals surface area (Å²) >= 11 is 6.08. The lowest BCUT2D eigenvalue weighted by molar-refractivity contribution is -0.126. The molecule has 0 bridgehead atoms. The van der Waals surface area contributed by atoms with Crippen molar-refractivity contribution in [2.45, 2.75) is 31.9 Å². The third-order valence-corrected chi connectivity index (χ3v) is 5.46. The largest absolute Gasteiger partial charge is 0.493 e. The van der Waals surface area contributed by atoms with Crippen molar-refractivity contribution < 1.29 is 18.7 Å². The summed E-state index contributed by atoms with van der Waals surface area (Å²) in [6.07, 6.45) is 4.43. The molecule has 160 valence electrons. The molecule has 6 nitrogen and oxygen atoms in total. The first-order valence-electron chi connectivity index (χ1n) is 9.77. The summed E-state index contributed by atoms with van der Waals surface area (Å²) in [6.45, 7) is 0.820. The molecule has 1 aliphatic heterocycles. The van der Waals surface area contributed by atoms with Crippen LogP contribution in [0.4, 0.5) is 4.39 Å². The third kappa shape index (κ3) is 5.29. The summed E-state index contributed by atoms with van der Waals surface area (Å²) in [6, 6.07) is 9.56. The first-order chi connectivity index (χ1) is 14.5. The van der Waals surface area contributed by atoms with Gasteiger partial charge in [-0.15, -0.1) is 0 Å². The molecule has 0 radical (unpaired) electrons. The quantitative estimate of drug-likeness (QED) is 0.529. The second-order valence-electron chi connectivity index (χ2n) is 7.09. The molecular weight excluding hydrogens is 409 g/mol. The number of hydrogen-bond acceptors (Lipinski definition) is 5. The van der Waals surface area contributed by atoms with E-state index in [1.54, 1.807) is 24.3 Å². The van der Waals surface area contributed by atoms with E-state index < -0.39 is 5.82 Å². The molecule has 2 aromatic carbocycles.